The van der Waals surface area contributed by atoms with E-state index in [9.17, 15) is 5.11 Å². The molecule has 0 saturated carbocycles. The number of rotatable bonds is 2. The van der Waals surface area contributed by atoms with Crippen molar-refractivity contribution in [1.29, 1.82) is 0 Å². The summed E-state index contributed by atoms with van der Waals surface area (Å²) in [6.45, 7) is 2.46. The van der Waals surface area contributed by atoms with Crippen LogP contribution in [0.2, 0.25) is 0 Å². The van der Waals surface area contributed by atoms with Gasteiger partial charge in [0.2, 0.25) is 0 Å². The van der Waals surface area contributed by atoms with Gasteiger partial charge in [-0.3, -0.25) is 0 Å². The fraction of sp³-hybridized carbons (Fsp3) is 0.333. The van der Waals surface area contributed by atoms with Crippen molar-refractivity contribution in [2.75, 3.05) is 6.54 Å². The number of phenols is 1. The van der Waals surface area contributed by atoms with E-state index in [0.717, 1.165) is 17.5 Å². The molecule has 0 radical (unpaired) electrons. The number of aryl methyl sites for hydroxylation is 1. The molecule has 0 unspecified atom stereocenters. The van der Waals surface area contributed by atoms with Crippen LogP contribution < -0.4 is 5.73 Å². The third kappa shape index (κ3) is 1.71. The number of para-hydroxylation sites is 1. The van der Waals surface area contributed by atoms with Crippen LogP contribution in [0.3, 0.4) is 0 Å². The largest absolute Gasteiger partial charge is 0.507 e. The molecule has 0 spiro atoms. The van der Waals surface area contributed by atoms with Gasteiger partial charge in [-0.05, 0) is 31.0 Å². The summed E-state index contributed by atoms with van der Waals surface area (Å²) in [6.07, 6.45) is 0.744. The lowest BCUT2D eigenvalue weighted by atomic mass is 10.1. The number of hydrogen-bond acceptors (Lipinski definition) is 2. The quantitative estimate of drug-likeness (QED) is 0.667. The smallest absolute Gasteiger partial charge is 0.121 e. The van der Waals surface area contributed by atoms with Crippen LogP contribution in [0.15, 0.2) is 18.2 Å². The maximum Gasteiger partial charge on any atom is 0.121 e. The van der Waals surface area contributed by atoms with E-state index in [2.05, 4.69) is 0 Å². The third-order valence-electron chi connectivity index (χ3n) is 1.73. The Kier molecular flexibility index (Phi) is 2.49. The van der Waals surface area contributed by atoms with Gasteiger partial charge < -0.3 is 10.8 Å². The van der Waals surface area contributed by atoms with E-state index in [1.165, 1.54) is 0 Å². The third-order valence-corrected chi connectivity index (χ3v) is 1.73. The van der Waals surface area contributed by atoms with Crippen LogP contribution in [-0.2, 0) is 6.42 Å². The van der Waals surface area contributed by atoms with E-state index in [1.54, 1.807) is 0 Å². The van der Waals surface area contributed by atoms with Gasteiger partial charge in [0.1, 0.15) is 5.75 Å². The Bertz CT molecular complexity index is 245. The lowest BCUT2D eigenvalue weighted by Gasteiger charge is -2.04. The Morgan fingerprint density at radius 1 is 1.45 bits per heavy atom. The molecule has 1 aromatic carbocycles. The highest BCUT2D eigenvalue weighted by Crippen LogP contribution is 2.20. The van der Waals surface area contributed by atoms with E-state index in [-0.39, 0.29) is 0 Å². The van der Waals surface area contributed by atoms with Crippen molar-refractivity contribution in [3.05, 3.63) is 29.3 Å². The van der Waals surface area contributed by atoms with Crippen LogP contribution in [0.25, 0.3) is 0 Å². The van der Waals surface area contributed by atoms with Gasteiger partial charge in [-0.1, -0.05) is 18.2 Å². The Morgan fingerprint density at radius 3 is 2.82 bits per heavy atom. The Labute approximate surface area is 66.7 Å². The molecule has 0 atom stereocenters. The first kappa shape index (κ1) is 8.08. The van der Waals surface area contributed by atoms with Crippen molar-refractivity contribution in [1.82, 2.24) is 0 Å². The summed E-state index contributed by atoms with van der Waals surface area (Å²) >= 11 is 0. The molecule has 0 fully saturated rings. The molecule has 0 aliphatic heterocycles. The molecule has 0 saturated heterocycles. The highest BCUT2D eigenvalue weighted by molar-refractivity contribution is 5.39. The summed E-state index contributed by atoms with van der Waals surface area (Å²) in [4.78, 5) is 0. The van der Waals surface area contributed by atoms with Crippen LogP contribution in [0.5, 0.6) is 5.75 Å². The van der Waals surface area contributed by atoms with Crippen LogP contribution >= 0.6 is 0 Å². The minimum Gasteiger partial charge on any atom is -0.507 e. The predicted molar refractivity (Wildman–Crippen MR) is 45.6 cm³/mol. The molecular weight excluding hydrogens is 138 g/mol. The maximum atomic E-state index is 9.47. The second-order valence-electron chi connectivity index (χ2n) is 2.62. The van der Waals surface area contributed by atoms with E-state index in [1.807, 2.05) is 25.1 Å². The van der Waals surface area contributed by atoms with Crippen molar-refractivity contribution in [2.45, 2.75) is 13.3 Å². The lowest BCUT2D eigenvalue weighted by Crippen LogP contribution is -2.02. The Balaban J connectivity index is 2.96. The van der Waals surface area contributed by atoms with Crippen molar-refractivity contribution in [3.8, 4) is 5.75 Å². The van der Waals surface area contributed by atoms with E-state index in [4.69, 9.17) is 5.73 Å². The molecule has 2 nitrogen and oxygen atoms in total. The molecule has 2 heteroatoms. The number of nitrogens with two attached hydrogens (primary N) is 1. The molecule has 3 N–H and O–H groups in total. The van der Waals surface area contributed by atoms with Crippen LogP contribution in [0, 0.1) is 6.92 Å². The summed E-state index contributed by atoms with van der Waals surface area (Å²) in [5.41, 5.74) is 7.22. The second-order valence-corrected chi connectivity index (χ2v) is 2.62. The van der Waals surface area contributed by atoms with Gasteiger partial charge in [-0.2, -0.15) is 0 Å². The minimum atomic E-state index is 0.387. The van der Waals surface area contributed by atoms with E-state index < -0.39 is 0 Å². The predicted octanol–water partition coefficient (Wildman–Crippen LogP) is 1.20. The molecule has 0 amide bonds. The van der Waals surface area contributed by atoms with Gasteiger partial charge >= 0.3 is 0 Å². The number of aromatic hydroxyl groups is 1. The zero-order valence-electron chi connectivity index (χ0n) is 6.67. The van der Waals surface area contributed by atoms with Crippen LogP contribution in [-0.4, -0.2) is 11.7 Å². The molecule has 0 heterocycles. The Morgan fingerprint density at radius 2 is 2.18 bits per heavy atom. The highest BCUT2D eigenvalue weighted by Gasteiger charge is 2.00. The van der Waals surface area contributed by atoms with Gasteiger partial charge in [-0.25, -0.2) is 0 Å². The molecule has 60 valence electrons. The average Bonchev–Trinajstić information content (AvgIpc) is 1.99. The number of hydrogen-bond donors (Lipinski definition) is 2. The first-order valence-corrected chi connectivity index (χ1v) is 3.73. The minimum absolute atomic E-state index is 0.387. The molecule has 11 heavy (non-hydrogen) atoms. The standard InChI is InChI=1S/C9H13NO/c1-7-3-2-4-8(5-6-10)9(7)11/h2-4,11H,5-6,10H2,1H3. The molecule has 1 rings (SSSR count). The molecule has 0 aliphatic rings. The van der Waals surface area contributed by atoms with Crippen molar-refractivity contribution in [2.24, 2.45) is 5.73 Å². The first-order chi connectivity index (χ1) is 5.25. The monoisotopic (exact) mass is 151 g/mol. The molecule has 0 bridgehead atoms. The van der Waals surface area contributed by atoms with Gasteiger partial charge in [0.25, 0.3) is 0 Å². The van der Waals surface area contributed by atoms with Crippen LogP contribution in [0.4, 0.5) is 0 Å². The lowest BCUT2D eigenvalue weighted by molar-refractivity contribution is 0.464. The highest BCUT2D eigenvalue weighted by atomic mass is 16.3. The number of phenolic OH excluding ortho intramolecular Hbond substituents is 1. The van der Waals surface area contributed by atoms with Crippen molar-refractivity contribution < 1.29 is 5.11 Å². The normalized spacial score (nSPS) is 10.0. The maximum absolute atomic E-state index is 9.47. The topological polar surface area (TPSA) is 46.2 Å². The molecule has 0 aliphatic carbocycles. The second kappa shape index (κ2) is 3.39. The summed E-state index contributed by atoms with van der Waals surface area (Å²) in [5.74, 6) is 0.387. The van der Waals surface area contributed by atoms with Crippen molar-refractivity contribution in [3.63, 3.8) is 0 Å². The fourth-order valence-electron chi connectivity index (χ4n) is 1.08. The van der Waals surface area contributed by atoms with Crippen LogP contribution in [0.1, 0.15) is 11.1 Å². The average molecular weight is 151 g/mol. The Hall–Kier alpha value is -1.02. The first-order valence-electron chi connectivity index (χ1n) is 3.73. The summed E-state index contributed by atoms with van der Waals surface area (Å²) < 4.78 is 0. The zero-order valence-corrected chi connectivity index (χ0v) is 6.67. The van der Waals surface area contributed by atoms with Gasteiger partial charge in [0.15, 0.2) is 0 Å². The number of benzene rings is 1. The van der Waals surface area contributed by atoms with Gasteiger partial charge in [0, 0.05) is 0 Å². The summed E-state index contributed by atoms with van der Waals surface area (Å²) in [5, 5.41) is 9.47. The zero-order chi connectivity index (χ0) is 8.27. The van der Waals surface area contributed by atoms with Gasteiger partial charge in [0.05, 0.1) is 0 Å². The molecule has 1 aromatic rings. The fourth-order valence-corrected chi connectivity index (χ4v) is 1.08. The summed E-state index contributed by atoms with van der Waals surface area (Å²) in [7, 11) is 0. The molecule has 0 aromatic heterocycles. The van der Waals surface area contributed by atoms with Gasteiger partial charge in [-0.15, -0.1) is 0 Å². The SMILES string of the molecule is Cc1cccc(CCN)c1O. The summed E-state index contributed by atoms with van der Waals surface area (Å²) in [6, 6.07) is 5.71. The van der Waals surface area contributed by atoms with Crippen molar-refractivity contribution >= 4 is 0 Å². The van der Waals surface area contributed by atoms with E-state index in [0.29, 0.717) is 12.3 Å². The van der Waals surface area contributed by atoms with E-state index >= 15 is 0 Å². The molecular formula is C9H13NO.